The monoisotopic (exact) mass is 334 g/mol. The largest absolute Gasteiger partial charge is 0.495 e. The maximum Gasteiger partial charge on any atom is 0.318 e. The van der Waals surface area contributed by atoms with Crippen LogP contribution in [-0.4, -0.2) is 50.4 Å². The van der Waals surface area contributed by atoms with E-state index >= 15 is 0 Å². The average Bonchev–Trinajstić information content (AvgIpc) is 2.62. The fraction of sp³-hybridized carbons (Fsp3) is 0.375. The van der Waals surface area contributed by atoms with E-state index in [0.717, 1.165) is 43.4 Å². The van der Waals surface area contributed by atoms with Crippen molar-refractivity contribution in [2.75, 3.05) is 50.2 Å². The molecule has 3 rings (SSSR count). The Balaban J connectivity index is 1.74. The van der Waals surface area contributed by atoms with Gasteiger partial charge in [0.05, 0.1) is 26.1 Å². The number of anilines is 2. The van der Waals surface area contributed by atoms with Crippen LogP contribution < -0.4 is 19.3 Å². The molecule has 0 N–H and O–H groups in total. The first-order valence-corrected chi connectivity index (χ1v) is 7.80. The fourth-order valence-electron chi connectivity index (χ4n) is 2.71. The quantitative estimate of drug-likeness (QED) is 0.856. The first kappa shape index (κ1) is 15.7. The molecule has 0 bridgehead atoms. The smallest absolute Gasteiger partial charge is 0.318 e. The summed E-state index contributed by atoms with van der Waals surface area (Å²) >= 11 is 6.23. The summed E-state index contributed by atoms with van der Waals surface area (Å²) in [6, 6.07) is 8.39. The van der Waals surface area contributed by atoms with Gasteiger partial charge in [0.1, 0.15) is 10.8 Å². The van der Waals surface area contributed by atoms with Crippen molar-refractivity contribution in [3.63, 3.8) is 0 Å². The molecule has 0 unspecified atom stereocenters. The van der Waals surface area contributed by atoms with Gasteiger partial charge in [0, 0.05) is 26.2 Å². The van der Waals surface area contributed by atoms with E-state index in [4.69, 9.17) is 21.1 Å². The zero-order valence-corrected chi connectivity index (χ0v) is 14.0. The number of aromatic nitrogens is 2. The van der Waals surface area contributed by atoms with E-state index in [9.17, 15) is 0 Å². The number of ether oxygens (including phenoxy) is 2. The Morgan fingerprint density at radius 2 is 1.70 bits per heavy atom. The number of benzene rings is 1. The van der Waals surface area contributed by atoms with Gasteiger partial charge < -0.3 is 19.3 Å². The fourth-order valence-corrected chi connectivity index (χ4v) is 2.92. The highest BCUT2D eigenvalue weighted by Gasteiger charge is 2.22. The molecule has 2 heterocycles. The van der Waals surface area contributed by atoms with Crippen LogP contribution in [0.3, 0.4) is 0 Å². The van der Waals surface area contributed by atoms with Crippen molar-refractivity contribution < 1.29 is 9.47 Å². The molecule has 0 radical (unpaired) electrons. The number of methoxy groups -OCH3 is 2. The molecule has 23 heavy (non-hydrogen) atoms. The van der Waals surface area contributed by atoms with Crippen molar-refractivity contribution in [2.45, 2.75) is 0 Å². The van der Waals surface area contributed by atoms with Gasteiger partial charge in [0.2, 0.25) is 0 Å². The molecule has 122 valence electrons. The second-order valence-corrected chi connectivity index (χ2v) is 5.58. The molecule has 7 heteroatoms. The van der Waals surface area contributed by atoms with Crippen LogP contribution in [0.5, 0.6) is 11.8 Å². The van der Waals surface area contributed by atoms with Gasteiger partial charge in [0.25, 0.3) is 0 Å². The second-order valence-electron chi connectivity index (χ2n) is 5.17. The van der Waals surface area contributed by atoms with Gasteiger partial charge in [-0.2, -0.15) is 4.98 Å². The van der Waals surface area contributed by atoms with Gasteiger partial charge in [-0.25, -0.2) is 4.98 Å². The Labute approximate surface area is 140 Å². The minimum Gasteiger partial charge on any atom is -0.495 e. The number of para-hydroxylation sites is 2. The summed E-state index contributed by atoms with van der Waals surface area (Å²) in [5.41, 5.74) is 1.11. The predicted octanol–water partition coefficient (Wildman–Crippen LogP) is 2.47. The molecule has 1 saturated heterocycles. The maximum absolute atomic E-state index is 6.23. The summed E-state index contributed by atoms with van der Waals surface area (Å²) in [6.07, 6.45) is 1.58. The number of rotatable bonds is 4. The van der Waals surface area contributed by atoms with Crippen LogP contribution in [0.4, 0.5) is 11.5 Å². The van der Waals surface area contributed by atoms with Crippen LogP contribution in [0.1, 0.15) is 0 Å². The van der Waals surface area contributed by atoms with Gasteiger partial charge in [-0.1, -0.05) is 23.7 Å². The molecule has 1 aromatic carbocycles. The Morgan fingerprint density at radius 1 is 1.00 bits per heavy atom. The third kappa shape index (κ3) is 3.27. The van der Waals surface area contributed by atoms with Crippen molar-refractivity contribution in [1.29, 1.82) is 0 Å². The van der Waals surface area contributed by atoms with Crippen LogP contribution in [-0.2, 0) is 0 Å². The lowest BCUT2D eigenvalue weighted by Gasteiger charge is -2.37. The molecule has 2 aromatic rings. The molecule has 1 fully saturated rings. The van der Waals surface area contributed by atoms with E-state index in [0.29, 0.717) is 11.0 Å². The van der Waals surface area contributed by atoms with Gasteiger partial charge >= 0.3 is 6.01 Å². The molecule has 0 saturated carbocycles. The van der Waals surface area contributed by atoms with Crippen LogP contribution in [0.25, 0.3) is 0 Å². The molecule has 1 aliphatic rings. The van der Waals surface area contributed by atoms with E-state index in [1.807, 2.05) is 18.2 Å². The third-order valence-corrected chi connectivity index (χ3v) is 4.16. The maximum atomic E-state index is 6.23. The Kier molecular flexibility index (Phi) is 4.71. The number of hydrogen-bond donors (Lipinski definition) is 0. The van der Waals surface area contributed by atoms with Crippen molar-refractivity contribution >= 4 is 23.1 Å². The van der Waals surface area contributed by atoms with Crippen molar-refractivity contribution in [2.24, 2.45) is 0 Å². The van der Waals surface area contributed by atoms with Crippen molar-refractivity contribution in [3.8, 4) is 11.8 Å². The zero-order valence-electron chi connectivity index (χ0n) is 13.2. The number of nitrogens with zero attached hydrogens (tertiary/aromatic N) is 4. The first-order chi connectivity index (χ1) is 11.2. The lowest BCUT2D eigenvalue weighted by atomic mass is 10.2. The minimum atomic E-state index is 0.330. The standard InChI is InChI=1S/C16H19ClN4O2/c1-22-14-6-4-3-5-13(14)20-7-9-21(10-8-20)15-12(17)11-18-16(19-15)23-2/h3-6,11H,7-10H2,1-2H3. The number of halogens is 1. The van der Waals surface area contributed by atoms with Gasteiger partial charge in [-0.05, 0) is 12.1 Å². The molecular formula is C16H19ClN4O2. The summed E-state index contributed by atoms with van der Waals surface area (Å²) in [4.78, 5) is 12.8. The predicted molar refractivity (Wildman–Crippen MR) is 91.0 cm³/mol. The summed E-state index contributed by atoms with van der Waals surface area (Å²) in [5, 5.41) is 0.538. The molecule has 0 spiro atoms. The molecular weight excluding hydrogens is 316 g/mol. The van der Waals surface area contributed by atoms with Crippen molar-refractivity contribution in [1.82, 2.24) is 9.97 Å². The van der Waals surface area contributed by atoms with E-state index < -0.39 is 0 Å². The Hall–Kier alpha value is -2.21. The minimum absolute atomic E-state index is 0.330. The van der Waals surface area contributed by atoms with E-state index in [2.05, 4.69) is 25.8 Å². The lowest BCUT2D eigenvalue weighted by Crippen LogP contribution is -2.47. The Bertz CT molecular complexity index is 675. The molecule has 1 aromatic heterocycles. The van der Waals surface area contributed by atoms with Crippen molar-refractivity contribution in [3.05, 3.63) is 35.5 Å². The first-order valence-electron chi connectivity index (χ1n) is 7.42. The molecule has 0 aliphatic carbocycles. The number of piperazine rings is 1. The summed E-state index contributed by atoms with van der Waals surface area (Å²) < 4.78 is 10.5. The zero-order chi connectivity index (χ0) is 16.2. The average molecular weight is 335 g/mol. The highest BCUT2D eigenvalue weighted by Crippen LogP contribution is 2.30. The highest BCUT2D eigenvalue weighted by molar-refractivity contribution is 6.32. The summed E-state index contributed by atoms with van der Waals surface area (Å²) in [7, 11) is 3.24. The van der Waals surface area contributed by atoms with Crippen LogP contribution in [0, 0.1) is 0 Å². The number of hydrogen-bond acceptors (Lipinski definition) is 6. The molecule has 1 aliphatic heterocycles. The van der Waals surface area contributed by atoms with Crippen LogP contribution in [0.15, 0.2) is 30.5 Å². The van der Waals surface area contributed by atoms with Crippen LogP contribution >= 0.6 is 11.6 Å². The van der Waals surface area contributed by atoms with E-state index in [1.54, 1.807) is 20.4 Å². The van der Waals surface area contributed by atoms with E-state index in [1.165, 1.54) is 0 Å². The van der Waals surface area contributed by atoms with E-state index in [-0.39, 0.29) is 0 Å². The third-order valence-electron chi connectivity index (χ3n) is 3.89. The SMILES string of the molecule is COc1ncc(Cl)c(N2CCN(c3ccccc3OC)CC2)n1. The summed E-state index contributed by atoms with van der Waals surface area (Å²) in [6.45, 7) is 3.36. The topological polar surface area (TPSA) is 50.7 Å². The normalized spacial score (nSPS) is 14.7. The van der Waals surface area contributed by atoms with Crippen LogP contribution in [0.2, 0.25) is 5.02 Å². The molecule has 0 amide bonds. The van der Waals surface area contributed by atoms with Gasteiger partial charge in [0.15, 0.2) is 5.82 Å². The molecule has 6 nitrogen and oxygen atoms in total. The lowest BCUT2D eigenvalue weighted by molar-refractivity contribution is 0.379. The Morgan fingerprint density at radius 3 is 2.39 bits per heavy atom. The van der Waals surface area contributed by atoms with Gasteiger partial charge in [-0.3, -0.25) is 0 Å². The second kappa shape index (κ2) is 6.91. The summed E-state index contributed by atoms with van der Waals surface area (Å²) in [5.74, 6) is 1.61. The van der Waals surface area contributed by atoms with Gasteiger partial charge in [-0.15, -0.1) is 0 Å². The highest BCUT2D eigenvalue weighted by atomic mass is 35.5. The molecule has 0 atom stereocenters.